The third-order valence-corrected chi connectivity index (χ3v) is 12.1. The zero-order chi connectivity index (χ0) is 42.8. The average Bonchev–Trinajstić information content (AvgIpc) is 3.69. The number of nitrogens with one attached hydrogen (secondary N) is 2. The number of hydrogen-bond acceptors (Lipinski definition) is 13. The minimum absolute atomic E-state index is 0.0220. The summed E-state index contributed by atoms with van der Waals surface area (Å²) in [6.07, 6.45) is 1.78. The van der Waals surface area contributed by atoms with Crippen LogP contribution in [0, 0.1) is 0 Å². The highest BCUT2D eigenvalue weighted by Gasteiger charge is 2.84. The standard InChI is InChI=1S/C42H40N2O13S2/c1-21(2)25-15-17-27-33(19-25)55-41(53-23(5)45)29-11-9-13-31(43-58(7,49)50)35(29)37(47)39(27,41)57-40-28-18-16-26(22(3)4)20-34(28)56-42(40,54-24(6)46)30-12-10-14-32(36(30)38(40)48)44-59(8,51)52/h9-22,43-44H,1-8H3. The molecule has 4 aromatic rings. The van der Waals surface area contributed by atoms with Crippen molar-refractivity contribution >= 4 is 54.9 Å². The van der Waals surface area contributed by atoms with Crippen molar-refractivity contribution in [1.82, 2.24) is 0 Å². The highest BCUT2D eigenvalue weighted by Crippen LogP contribution is 2.70. The average molecular weight is 845 g/mol. The van der Waals surface area contributed by atoms with Crippen molar-refractivity contribution in [3.05, 3.63) is 117 Å². The number of hydrogen-bond donors (Lipinski definition) is 2. The third kappa shape index (κ3) is 5.54. The molecule has 0 radical (unpaired) electrons. The van der Waals surface area contributed by atoms with E-state index in [0.717, 1.165) is 37.5 Å². The van der Waals surface area contributed by atoms with Crippen molar-refractivity contribution in [3.8, 4) is 11.5 Å². The van der Waals surface area contributed by atoms with E-state index >= 15 is 9.59 Å². The Morgan fingerprint density at radius 3 is 1.29 bits per heavy atom. The van der Waals surface area contributed by atoms with Gasteiger partial charge in [-0.2, -0.15) is 0 Å². The quantitative estimate of drug-likeness (QED) is 0.182. The predicted octanol–water partition coefficient (Wildman–Crippen LogP) is 5.79. The number of fused-ring (bicyclic) bond motifs is 10. The van der Waals surface area contributed by atoms with E-state index in [4.69, 9.17) is 23.7 Å². The number of Topliss-reactive ketones (excluding diaryl/α,β-unsaturated/α-hetero) is 2. The molecule has 0 aromatic heterocycles. The molecule has 8 rings (SSSR count). The van der Waals surface area contributed by atoms with Crippen LogP contribution in [0.15, 0.2) is 72.8 Å². The number of carbonyl (C=O) groups excluding carboxylic acids is 4. The van der Waals surface area contributed by atoms with Crippen LogP contribution in [-0.2, 0) is 66.6 Å². The molecular formula is C42H40N2O13S2. The van der Waals surface area contributed by atoms with Gasteiger partial charge in [-0.05, 0) is 47.2 Å². The predicted molar refractivity (Wildman–Crippen MR) is 212 cm³/mol. The molecular weight excluding hydrogens is 805 g/mol. The highest BCUT2D eigenvalue weighted by atomic mass is 32.2. The zero-order valence-electron chi connectivity index (χ0n) is 33.2. The third-order valence-electron chi connectivity index (χ3n) is 10.9. The lowest BCUT2D eigenvalue weighted by molar-refractivity contribution is -0.325. The Labute approximate surface area is 340 Å². The topological polar surface area (TPSA) is 207 Å². The summed E-state index contributed by atoms with van der Waals surface area (Å²) in [5, 5.41) is 0. The second-order valence-electron chi connectivity index (χ2n) is 15.8. The SMILES string of the molecule is CC(=O)OC12Oc3cc(C(C)C)ccc3C1(OC13C(=O)c4c(NS(C)(=O)=O)cccc4C1(OC(C)=O)Oc1cc(C(C)C)ccc13)C(=O)c1c(NS(C)(=O)=O)cccc12. The molecule has 4 aliphatic rings. The number of carbonyl (C=O) groups is 4. The van der Waals surface area contributed by atoms with Crippen molar-refractivity contribution < 1.29 is 59.7 Å². The first-order valence-electron chi connectivity index (χ1n) is 18.6. The van der Waals surface area contributed by atoms with Gasteiger partial charge < -0.3 is 23.7 Å². The van der Waals surface area contributed by atoms with Gasteiger partial charge in [0.1, 0.15) is 11.5 Å². The van der Waals surface area contributed by atoms with E-state index in [2.05, 4.69) is 9.44 Å². The molecule has 4 unspecified atom stereocenters. The van der Waals surface area contributed by atoms with Crippen LogP contribution in [0.2, 0.25) is 0 Å². The van der Waals surface area contributed by atoms with Crippen LogP contribution < -0.4 is 18.9 Å². The Hall–Kier alpha value is -5.78. The molecule has 0 saturated heterocycles. The van der Waals surface area contributed by atoms with E-state index in [1.54, 1.807) is 24.3 Å². The van der Waals surface area contributed by atoms with Gasteiger partial charge in [0, 0.05) is 25.0 Å². The Balaban J connectivity index is 1.53. The van der Waals surface area contributed by atoms with Crippen LogP contribution in [0.4, 0.5) is 11.4 Å². The fourth-order valence-electron chi connectivity index (χ4n) is 8.72. The maximum absolute atomic E-state index is 15.9. The van der Waals surface area contributed by atoms with Gasteiger partial charge in [-0.15, -0.1) is 0 Å². The van der Waals surface area contributed by atoms with Gasteiger partial charge in [0.15, 0.2) is 0 Å². The summed E-state index contributed by atoms with van der Waals surface area (Å²) < 4.78 is 88.8. The van der Waals surface area contributed by atoms with Gasteiger partial charge >= 0.3 is 23.5 Å². The van der Waals surface area contributed by atoms with Crippen LogP contribution in [0.1, 0.15) is 107 Å². The van der Waals surface area contributed by atoms with Crippen LogP contribution in [0.3, 0.4) is 0 Å². The molecule has 59 heavy (non-hydrogen) atoms. The fraction of sp³-hybridized carbons (Fsp3) is 0.333. The lowest BCUT2D eigenvalue weighted by atomic mass is 9.80. The van der Waals surface area contributed by atoms with E-state index in [9.17, 15) is 26.4 Å². The summed E-state index contributed by atoms with van der Waals surface area (Å²) >= 11 is 0. The molecule has 0 spiro atoms. The molecule has 2 N–H and O–H groups in total. The molecule has 4 atom stereocenters. The minimum atomic E-state index is -4.04. The van der Waals surface area contributed by atoms with Gasteiger partial charge in [-0.3, -0.25) is 28.6 Å². The first-order valence-corrected chi connectivity index (χ1v) is 22.4. The zero-order valence-corrected chi connectivity index (χ0v) is 34.8. The number of ketones is 2. The molecule has 2 heterocycles. The van der Waals surface area contributed by atoms with E-state index in [-0.39, 0.29) is 68.1 Å². The van der Waals surface area contributed by atoms with Crippen molar-refractivity contribution in [2.75, 3.05) is 22.0 Å². The normalized spacial score (nSPS) is 24.6. The van der Waals surface area contributed by atoms with Crippen LogP contribution >= 0.6 is 0 Å². The Morgan fingerprint density at radius 1 is 0.593 bits per heavy atom. The van der Waals surface area contributed by atoms with Crippen LogP contribution in [0.25, 0.3) is 0 Å². The number of ether oxygens (including phenoxy) is 5. The molecule has 17 heteroatoms. The largest absolute Gasteiger partial charge is 0.444 e. The molecule has 0 fully saturated rings. The van der Waals surface area contributed by atoms with E-state index in [0.29, 0.717) is 0 Å². The molecule has 15 nitrogen and oxygen atoms in total. The summed E-state index contributed by atoms with van der Waals surface area (Å²) in [7, 11) is -8.08. The molecule has 0 bridgehead atoms. The van der Waals surface area contributed by atoms with Crippen LogP contribution in [0.5, 0.6) is 11.5 Å². The maximum Gasteiger partial charge on any atom is 0.323 e. The highest BCUT2D eigenvalue weighted by molar-refractivity contribution is 7.92. The van der Waals surface area contributed by atoms with E-state index in [1.165, 1.54) is 48.5 Å². The smallest absolute Gasteiger partial charge is 0.323 e. The van der Waals surface area contributed by atoms with Crippen molar-refractivity contribution in [1.29, 1.82) is 0 Å². The van der Waals surface area contributed by atoms with E-state index in [1.807, 2.05) is 27.7 Å². The Bertz CT molecular complexity index is 2610. The van der Waals surface area contributed by atoms with Gasteiger partial charge in [-0.1, -0.05) is 76.2 Å². The summed E-state index contributed by atoms with van der Waals surface area (Å²) in [6.45, 7) is 9.86. The van der Waals surface area contributed by atoms with E-state index < -0.39 is 66.3 Å². The van der Waals surface area contributed by atoms with Crippen LogP contribution in [-0.4, -0.2) is 52.9 Å². The monoisotopic (exact) mass is 844 g/mol. The second-order valence-corrected chi connectivity index (χ2v) is 19.3. The van der Waals surface area contributed by atoms with Crippen molar-refractivity contribution in [2.45, 2.75) is 76.2 Å². The molecule has 2 aliphatic carbocycles. The number of esters is 2. The second kappa shape index (κ2) is 12.9. The number of benzene rings is 4. The number of anilines is 2. The summed E-state index contributed by atoms with van der Waals surface area (Å²) in [5.41, 5.74) is -5.27. The lowest BCUT2D eigenvalue weighted by Crippen LogP contribution is -2.62. The molecule has 0 amide bonds. The lowest BCUT2D eigenvalue weighted by Gasteiger charge is -2.44. The van der Waals surface area contributed by atoms with Gasteiger partial charge in [0.2, 0.25) is 42.8 Å². The summed E-state index contributed by atoms with van der Waals surface area (Å²) in [4.78, 5) is 58.6. The molecule has 4 aromatic carbocycles. The van der Waals surface area contributed by atoms with Gasteiger partial charge in [-0.25, -0.2) is 16.8 Å². The molecule has 0 saturated carbocycles. The minimum Gasteiger partial charge on any atom is -0.444 e. The van der Waals surface area contributed by atoms with Crippen molar-refractivity contribution in [2.24, 2.45) is 0 Å². The Kier molecular flexibility index (Phi) is 8.72. The summed E-state index contributed by atoms with van der Waals surface area (Å²) in [6, 6.07) is 18.1. The number of sulfonamides is 2. The maximum atomic E-state index is 15.9. The Morgan fingerprint density at radius 2 is 0.966 bits per heavy atom. The number of rotatable bonds is 10. The first kappa shape index (κ1) is 40.0. The first-order chi connectivity index (χ1) is 27.5. The van der Waals surface area contributed by atoms with Crippen molar-refractivity contribution in [3.63, 3.8) is 0 Å². The fourth-order valence-corrected chi connectivity index (χ4v) is 9.86. The summed E-state index contributed by atoms with van der Waals surface area (Å²) in [5.74, 6) is -9.15. The molecule has 2 aliphatic heterocycles. The van der Waals surface area contributed by atoms with Gasteiger partial charge in [0.25, 0.3) is 0 Å². The van der Waals surface area contributed by atoms with Gasteiger partial charge in [0.05, 0.1) is 46.1 Å². The molecule has 308 valence electrons.